The lowest BCUT2D eigenvalue weighted by molar-refractivity contribution is -0.0151. The number of rotatable bonds is 7. The SMILES string of the molecule is COCC(C)C(CN)N(C)CC1CCCCO1. The van der Waals surface area contributed by atoms with Gasteiger partial charge in [-0.2, -0.15) is 0 Å². The molecule has 0 aromatic heterocycles. The highest BCUT2D eigenvalue weighted by Crippen LogP contribution is 2.16. The Morgan fingerprint density at radius 2 is 2.24 bits per heavy atom. The first-order valence-corrected chi connectivity index (χ1v) is 6.69. The van der Waals surface area contributed by atoms with Crippen LogP contribution >= 0.6 is 0 Å². The van der Waals surface area contributed by atoms with Crippen LogP contribution in [0.3, 0.4) is 0 Å². The lowest BCUT2D eigenvalue weighted by Crippen LogP contribution is -2.47. The smallest absolute Gasteiger partial charge is 0.0702 e. The monoisotopic (exact) mass is 244 g/mol. The lowest BCUT2D eigenvalue weighted by Gasteiger charge is -2.35. The maximum atomic E-state index is 5.87. The van der Waals surface area contributed by atoms with Crippen molar-refractivity contribution in [2.45, 2.75) is 38.3 Å². The molecule has 0 aliphatic carbocycles. The van der Waals surface area contributed by atoms with Crippen molar-refractivity contribution in [1.82, 2.24) is 4.90 Å². The zero-order valence-corrected chi connectivity index (χ0v) is 11.5. The van der Waals surface area contributed by atoms with Crippen molar-refractivity contribution in [1.29, 1.82) is 0 Å². The fourth-order valence-corrected chi connectivity index (χ4v) is 2.63. The van der Waals surface area contributed by atoms with Crippen molar-refractivity contribution in [2.75, 3.05) is 40.5 Å². The molecule has 0 spiro atoms. The zero-order chi connectivity index (χ0) is 12.7. The van der Waals surface area contributed by atoms with E-state index < -0.39 is 0 Å². The van der Waals surface area contributed by atoms with E-state index in [1.807, 2.05) is 0 Å². The highest BCUT2D eigenvalue weighted by atomic mass is 16.5. The summed E-state index contributed by atoms with van der Waals surface area (Å²) in [5.41, 5.74) is 5.87. The molecule has 1 aliphatic heterocycles. The Labute approximate surface area is 105 Å². The van der Waals surface area contributed by atoms with Crippen molar-refractivity contribution in [3.05, 3.63) is 0 Å². The fourth-order valence-electron chi connectivity index (χ4n) is 2.63. The number of nitrogens with zero attached hydrogens (tertiary/aromatic N) is 1. The minimum Gasteiger partial charge on any atom is -0.384 e. The molecule has 2 N–H and O–H groups in total. The Bertz CT molecular complexity index is 196. The summed E-state index contributed by atoms with van der Waals surface area (Å²) in [4.78, 5) is 2.33. The number of methoxy groups -OCH3 is 1. The van der Waals surface area contributed by atoms with Gasteiger partial charge < -0.3 is 15.2 Å². The standard InChI is InChI=1S/C13H28N2O2/c1-11(10-16-3)13(8-14)15(2)9-12-6-4-5-7-17-12/h11-13H,4-10,14H2,1-3H3. The van der Waals surface area contributed by atoms with Crippen LogP contribution in [0.4, 0.5) is 0 Å². The molecule has 4 heteroatoms. The van der Waals surface area contributed by atoms with Crippen LogP contribution < -0.4 is 5.73 Å². The first-order chi connectivity index (χ1) is 8.19. The predicted octanol–water partition coefficient (Wildman–Crippen LogP) is 1.10. The molecule has 1 heterocycles. The van der Waals surface area contributed by atoms with Crippen molar-refractivity contribution in [3.8, 4) is 0 Å². The average Bonchev–Trinajstić information content (AvgIpc) is 2.31. The van der Waals surface area contributed by atoms with E-state index in [2.05, 4.69) is 18.9 Å². The molecular formula is C13H28N2O2. The van der Waals surface area contributed by atoms with Crippen molar-refractivity contribution in [3.63, 3.8) is 0 Å². The molecule has 4 nitrogen and oxygen atoms in total. The largest absolute Gasteiger partial charge is 0.384 e. The molecule has 0 amide bonds. The number of likely N-dealkylation sites (N-methyl/N-ethyl adjacent to an activating group) is 1. The van der Waals surface area contributed by atoms with Crippen LogP contribution in [0.15, 0.2) is 0 Å². The first-order valence-electron chi connectivity index (χ1n) is 6.69. The minimum atomic E-state index is 0.375. The Morgan fingerprint density at radius 3 is 2.76 bits per heavy atom. The summed E-state index contributed by atoms with van der Waals surface area (Å²) in [7, 11) is 3.88. The topological polar surface area (TPSA) is 47.7 Å². The van der Waals surface area contributed by atoms with Gasteiger partial charge >= 0.3 is 0 Å². The lowest BCUT2D eigenvalue weighted by atomic mass is 10.0. The average molecular weight is 244 g/mol. The molecule has 0 aromatic rings. The Hall–Kier alpha value is -0.160. The second-order valence-corrected chi connectivity index (χ2v) is 5.16. The van der Waals surface area contributed by atoms with Gasteiger partial charge in [0.05, 0.1) is 12.7 Å². The number of hydrogen-bond acceptors (Lipinski definition) is 4. The second-order valence-electron chi connectivity index (χ2n) is 5.16. The number of ether oxygens (including phenoxy) is 2. The van der Waals surface area contributed by atoms with Crippen LogP contribution in [0.25, 0.3) is 0 Å². The third-order valence-corrected chi connectivity index (χ3v) is 3.66. The van der Waals surface area contributed by atoms with E-state index in [0.29, 0.717) is 24.6 Å². The Morgan fingerprint density at radius 1 is 1.47 bits per heavy atom. The van der Waals surface area contributed by atoms with Gasteiger partial charge in [0.25, 0.3) is 0 Å². The molecule has 0 radical (unpaired) electrons. The zero-order valence-electron chi connectivity index (χ0n) is 11.5. The predicted molar refractivity (Wildman–Crippen MR) is 70.1 cm³/mol. The summed E-state index contributed by atoms with van der Waals surface area (Å²) in [5.74, 6) is 0.457. The van der Waals surface area contributed by atoms with Gasteiger partial charge in [-0.3, -0.25) is 4.90 Å². The van der Waals surface area contributed by atoms with Gasteiger partial charge in [-0.25, -0.2) is 0 Å². The van der Waals surface area contributed by atoms with Gasteiger partial charge in [0.1, 0.15) is 0 Å². The molecule has 3 atom stereocenters. The highest BCUT2D eigenvalue weighted by molar-refractivity contribution is 4.78. The Balaban J connectivity index is 2.38. The van der Waals surface area contributed by atoms with Crippen LogP contribution in [0, 0.1) is 5.92 Å². The second kappa shape index (κ2) is 8.03. The van der Waals surface area contributed by atoms with Crippen LogP contribution in [0.5, 0.6) is 0 Å². The molecule has 0 aromatic carbocycles. The highest BCUT2D eigenvalue weighted by Gasteiger charge is 2.24. The summed E-state index contributed by atoms with van der Waals surface area (Å²) in [6, 6.07) is 0.375. The van der Waals surface area contributed by atoms with Gasteiger partial charge in [-0.05, 0) is 32.2 Å². The molecule has 1 fully saturated rings. The quantitative estimate of drug-likeness (QED) is 0.728. The summed E-state index contributed by atoms with van der Waals surface area (Å²) >= 11 is 0. The van der Waals surface area contributed by atoms with Crippen LogP contribution in [-0.2, 0) is 9.47 Å². The molecule has 3 unspecified atom stereocenters. The van der Waals surface area contributed by atoms with Gasteiger partial charge in [-0.1, -0.05) is 6.92 Å². The van der Waals surface area contributed by atoms with Crippen molar-refractivity contribution in [2.24, 2.45) is 11.7 Å². The molecule has 0 saturated carbocycles. The van der Waals surface area contributed by atoms with Crippen LogP contribution in [0.2, 0.25) is 0 Å². The third-order valence-electron chi connectivity index (χ3n) is 3.66. The van der Waals surface area contributed by atoms with Crippen LogP contribution in [0.1, 0.15) is 26.2 Å². The van der Waals surface area contributed by atoms with E-state index >= 15 is 0 Å². The van der Waals surface area contributed by atoms with E-state index in [0.717, 1.165) is 19.8 Å². The maximum Gasteiger partial charge on any atom is 0.0702 e. The Kier molecular flexibility index (Phi) is 7.04. The summed E-state index contributed by atoms with van der Waals surface area (Å²) in [5, 5.41) is 0. The molecule has 17 heavy (non-hydrogen) atoms. The number of nitrogens with two attached hydrogens (primary N) is 1. The van der Waals surface area contributed by atoms with E-state index in [9.17, 15) is 0 Å². The summed E-state index contributed by atoms with van der Waals surface area (Å²) in [6.07, 6.45) is 4.07. The molecule has 0 bridgehead atoms. The van der Waals surface area contributed by atoms with E-state index in [1.54, 1.807) is 7.11 Å². The molecule has 1 rings (SSSR count). The van der Waals surface area contributed by atoms with Gasteiger partial charge in [0.2, 0.25) is 0 Å². The van der Waals surface area contributed by atoms with Crippen LogP contribution in [-0.4, -0.2) is 57.5 Å². The molecule has 1 saturated heterocycles. The van der Waals surface area contributed by atoms with Gasteiger partial charge in [-0.15, -0.1) is 0 Å². The van der Waals surface area contributed by atoms with E-state index in [4.69, 9.17) is 15.2 Å². The van der Waals surface area contributed by atoms with E-state index in [1.165, 1.54) is 19.3 Å². The number of hydrogen-bond donors (Lipinski definition) is 1. The van der Waals surface area contributed by atoms with Gasteiger partial charge in [0.15, 0.2) is 0 Å². The van der Waals surface area contributed by atoms with E-state index in [-0.39, 0.29) is 0 Å². The normalized spacial score (nSPS) is 24.9. The first kappa shape index (κ1) is 14.9. The summed E-state index contributed by atoms with van der Waals surface area (Å²) < 4.78 is 11.0. The van der Waals surface area contributed by atoms with Crippen molar-refractivity contribution >= 4 is 0 Å². The van der Waals surface area contributed by atoms with Crippen molar-refractivity contribution < 1.29 is 9.47 Å². The molecule has 1 aliphatic rings. The van der Waals surface area contributed by atoms with Gasteiger partial charge in [0, 0.05) is 32.8 Å². The fraction of sp³-hybridized carbons (Fsp3) is 1.00. The third kappa shape index (κ3) is 4.92. The molecule has 102 valence electrons. The molecular weight excluding hydrogens is 216 g/mol. The minimum absolute atomic E-state index is 0.375. The maximum absolute atomic E-state index is 5.87. The summed E-state index contributed by atoms with van der Waals surface area (Å²) in [6.45, 7) is 5.53.